The van der Waals surface area contributed by atoms with Crippen molar-refractivity contribution in [2.75, 3.05) is 26.2 Å². The molecule has 11 heavy (non-hydrogen) atoms. The van der Waals surface area contributed by atoms with Gasteiger partial charge in [0.1, 0.15) is 0 Å². The zero-order valence-corrected chi connectivity index (χ0v) is 7.42. The van der Waals surface area contributed by atoms with Crippen LogP contribution in [-0.2, 0) is 0 Å². The van der Waals surface area contributed by atoms with Gasteiger partial charge in [-0.15, -0.1) is 0 Å². The minimum Gasteiger partial charge on any atom is -0.395 e. The van der Waals surface area contributed by atoms with Crippen LogP contribution in [0.4, 0.5) is 0 Å². The number of hydrogen-bond acceptors (Lipinski definition) is 2. The number of piperidine rings is 1. The summed E-state index contributed by atoms with van der Waals surface area (Å²) in [5.74, 6) is 0.885. The summed E-state index contributed by atoms with van der Waals surface area (Å²) < 4.78 is 0. The quantitative estimate of drug-likeness (QED) is 0.663. The van der Waals surface area contributed by atoms with E-state index in [1.54, 1.807) is 0 Å². The van der Waals surface area contributed by atoms with Crippen molar-refractivity contribution < 1.29 is 5.11 Å². The average Bonchev–Trinajstić information content (AvgIpc) is 2.06. The summed E-state index contributed by atoms with van der Waals surface area (Å²) in [5, 5.41) is 8.74. The minimum absolute atomic E-state index is 0.316. The predicted molar refractivity (Wildman–Crippen MR) is 46.5 cm³/mol. The number of aliphatic hydroxyl groups excluding tert-OH is 1. The summed E-state index contributed by atoms with van der Waals surface area (Å²) in [7, 11) is 0. The molecule has 1 atom stereocenters. The van der Waals surface area contributed by atoms with Gasteiger partial charge in [0.05, 0.1) is 6.61 Å². The summed E-state index contributed by atoms with van der Waals surface area (Å²) in [4.78, 5) is 2.37. The molecule has 1 heterocycles. The van der Waals surface area contributed by atoms with E-state index in [1.165, 1.54) is 32.4 Å². The number of likely N-dealkylation sites (tertiary alicyclic amines) is 1. The van der Waals surface area contributed by atoms with Crippen LogP contribution in [0.1, 0.15) is 26.2 Å². The van der Waals surface area contributed by atoms with Crippen LogP contribution in [0.15, 0.2) is 0 Å². The topological polar surface area (TPSA) is 23.5 Å². The maximum absolute atomic E-state index is 8.74. The van der Waals surface area contributed by atoms with Crippen molar-refractivity contribution in [1.29, 1.82) is 0 Å². The number of rotatable bonds is 3. The molecule has 66 valence electrons. The van der Waals surface area contributed by atoms with E-state index in [9.17, 15) is 0 Å². The number of nitrogens with zero attached hydrogens (tertiary/aromatic N) is 1. The van der Waals surface area contributed by atoms with Crippen molar-refractivity contribution in [2.45, 2.75) is 26.2 Å². The van der Waals surface area contributed by atoms with E-state index in [1.807, 2.05) is 0 Å². The lowest BCUT2D eigenvalue weighted by atomic mass is 9.96. The van der Waals surface area contributed by atoms with Crippen molar-refractivity contribution >= 4 is 0 Å². The summed E-state index contributed by atoms with van der Waals surface area (Å²) in [6.07, 6.45) is 4.00. The minimum atomic E-state index is 0.316. The van der Waals surface area contributed by atoms with Crippen molar-refractivity contribution in [1.82, 2.24) is 4.90 Å². The highest BCUT2D eigenvalue weighted by Gasteiger charge is 2.17. The van der Waals surface area contributed by atoms with Crippen molar-refractivity contribution in [3.63, 3.8) is 0 Å². The zero-order chi connectivity index (χ0) is 8.10. The Morgan fingerprint density at radius 1 is 1.55 bits per heavy atom. The summed E-state index contributed by atoms with van der Waals surface area (Å²) in [6.45, 7) is 5.84. The highest BCUT2D eigenvalue weighted by molar-refractivity contribution is 4.71. The van der Waals surface area contributed by atoms with Crippen molar-refractivity contribution in [3.8, 4) is 0 Å². The molecule has 0 aromatic heterocycles. The Hall–Kier alpha value is -0.0800. The molecule has 0 radical (unpaired) electrons. The van der Waals surface area contributed by atoms with Crippen LogP contribution in [-0.4, -0.2) is 36.2 Å². The number of aliphatic hydroxyl groups is 1. The fourth-order valence-corrected chi connectivity index (χ4v) is 1.83. The Bertz CT molecular complexity index is 104. The molecule has 0 saturated carbocycles. The van der Waals surface area contributed by atoms with E-state index in [2.05, 4.69) is 11.8 Å². The van der Waals surface area contributed by atoms with Gasteiger partial charge < -0.3 is 10.0 Å². The van der Waals surface area contributed by atoms with E-state index in [0.717, 1.165) is 12.5 Å². The molecule has 1 unspecified atom stereocenters. The third kappa shape index (κ3) is 2.80. The lowest BCUT2D eigenvalue weighted by Crippen LogP contribution is -2.36. The molecule has 1 N–H and O–H groups in total. The summed E-state index contributed by atoms with van der Waals surface area (Å²) in [6, 6.07) is 0. The monoisotopic (exact) mass is 157 g/mol. The van der Waals surface area contributed by atoms with Gasteiger partial charge in [-0.1, -0.05) is 13.3 Å². The van der Waals surface area contributed by atoms with Crippen molar-refractivity contribution in [3.05, 3.63) is 0 Å². The Balaban J connectivity index is 2.21. The van der Waals surface area contributed by atoms with E-state index in [-0.39, 0.29) is 0 Å². The summed E-state index contributed by atoms with van der Waals surface area (Å²) in [5.41, 5.74) is 0. The maximum Gasteiger partial charge on any atom is 0.0558 e. The molecule has 0 aliphatic carbocycles. The first kappa shape index (κ1) is 9.01. The SMILES string of the molecule is CCC1CCCN(CCO)C1. The van der Waals surface area contributed by atoms with Gasteiger partial charge in [0.25, 0.3) is 0 Å². The van der Waals surface area contributed by atoms with Gasteiger partial charge in [-0.3, -0.25) is 0 Å². The number of β-amino-alcohol motifs (C(OH)–C–C–N with tert-alkyl or cyclic N) is 1. The molecule has 2 nitrogen and oxygen atoms in total. The molecule has 1 fully saturated rings. The van der Waals surface area contributed by atoms with Gasteiger partial charge in [-0.2, -0.15) is 0 Å². The van der Waals surface area contributed by atoms with Crippen LogP contribution in [0.3, 0.4) is 0 Å². The van der Waals surface area contributed by atoms with Gasteiger partial charge in [0.2, 0.25) is 0 Å². The fourth-order valence-electron chi connectivity index (χ4n) is 1.83. The first-order valence-electron chi connectivity index (χ1n) is 4.70. The second-order valence-corrected chi connectivity index (χ2v) is 3.44. The van der Waals surface area contributed by atoms with Crippen LogP contribution in [0, 0.1) is 5.92 Å². The second-order valence-electron chi connectivity index (χ2n) is 3.44. The van der Waals surface area contributed by atoms with Gasteiger partial charge in [0, 0.05) is 13.1 Å². The first-order valence-corrected chi connectivity index (χ1v) is 4.70. The molecule has 0 bridgehead atoms. The summed E-state index contributed by atoms with van der Waals surface area (Å²) >= 11 is 0. The fraction of sp³-hybridized carbons (Fsp3) is 1.00. The van der Waals surface area contributed by atoms with Gasteiger partial charge in [0.15, 0.2) is 0 Å². The van der Waals surface area contributed by atoms with E-state index < -0.39 is 0 Å². The molecular weight excluding hydrogens is 138 g/mol. The standard InChI is InChI=1S/C9H19NO/c1-2-9-4-3-5-10(8-9)6-7-11/h9,11H,2-8H2,1H3. The predicted octanol–water partition coefficient (Wildman–Crippen LogP) is 1.10. The molecule has 1 saturated heterocycles. The lowest BCUT2D eigenvalue weighted by molar-refractivity contribution is 0.138. The molecule has 0 spiro atoms. The maximum atomic E-state index is 8.74. The van der Waals surface area contributed by atoms with Gasteiger partial charge in [-0.05, 0) is 25.3 Å². The van der Waals surface area contributed by atoms with Crippen LogP contribution in [0.5, 0.6) is 0 Å². The Morgan fingerprint density at radius 2 is 2.36 bits per heavy atom. The Labute approximate surface area is 69.2 Å². The molecule has 0 aromatic carbocycles. The Morgan fingerprint density at radius 3 is 3.00 bits per heavy atom. The van der Waals surface area contributed by atoms with Crippen LogP contribution in [0.25, 0.3) is 0 Å². The average molecular weight is 157 g/mol. The van der Waals surface area contributed by atoms with Gasteiger partial charge in [-0.25, -0.2) is 0 Å². The van der Waals surface area contributed by atoms with Crippen LogP contribution < -0.4 is 0 Å². The molecule has 1 aliphatic rings. The molecule has 1 aliphatic heterocycles. The highest BCUT2D eigenvalue weighted by atomic mass is 16.3. The highest BCUT2D eigenvalue weighted by Crippen LogP contribution is 2.18. The van der Waals surface area contributed by atoms with E-state index >= 15 is 0 Å². The van der Waals surface area contributed by atoms with E-state index in [4.69, 9.17) is 5.11 Å². The molecule has 2 heteroatoms. The number of hydrogen-bond donors (Lipinski definition) is 1. The molecule has 0 amide bonds. The third-order valence-electron chi connectivity index (χ3n) is 2.60. The van der Waals surface area contributed by atoms with Crippen LogP contribution in [0.2, 0.25) is 0 Å². The van der Waals surface area contributed by atoms with E-state index in [0.29, 0.717) is 6.61 Å². The van der Waals surface area contributed by atoms with Crippen molar-refractivity contribution in [2.24, 2.45) is 5.92 Å². The molecule has 1 rings (SSSR count). The Kier molecular flexibility index (Phi) is 3.87. The first-order chi connectivity index (χ1) is 5.36. The normalized spacial score (nSPS) is 27.3. The second kappa shape index (κ2) is 4.73. The smallest absolute Gasteiger partial charge is 0.0558 e. The molecular formula is C9H19NO. The molecule has 0 aromatic rings. The lowest BCUT2D eigenvalue weighted by Gasteiger charge is -2.31. The zero-order valence-electron chi connectivity index (χ0n) is 7.42. The van der Waals surface area contributed by atoms with Crippen LogP contribution >= 0.6 is 0 Å². The van der Waals surface area contributed by atoms with Gasteiger partial charge >= 0.3 is 0 Å². The third-order valence-corrected chi connectivity index (χ3v) is 2.60. The largest absolute Gasteiger partial charge is 0.395 e.